The molecule has 2 aromatic carbocycles. The quantitative estimate of drug-likeness (QED) is 0.453. The molecule has 2 aliphatic heterocycles. The Morgan fingerprint density at radius 3 is 2.37 bits per heavy atom. The van der Waals surface area contributed by atoms with Crippen molar-refractivity contribution in [1.82, 2.24) is 0 Å². The number of nitrogens with zero attached hydrogens (tertiary/aromatic N) is 1. The van der Waals surface area contributed by atoms with E-state index in [-0.39, 0.29) is 18.3 Å². The number of fused-ring (bicyclic) bond motifs is 1. The average molecular weight is 371 g/mol. The second-order valence-electron chi connectivity index (χ2n) is 6.50. The first-order valence-corrected chi connectivity index (χ1v) is 8.45. The van der Waals surface area contributed by atoms with Crippen molar-refractivity contribution in [3.63, 3.8) is 0 Å². The van der Waals surface area contributed by atoms with Crippen LogP contribution in [0.1, 0.15) is 28.4 Å². The zero-order valence-corrected chi connectivity index (χ0v) is 14.6. The molecular weight excluding hydrogens is 354 g/mol. The van der Waals surface area contributed by atoms with Crippen LogP contribution in [0, 0.1) is 10.1 Å². The average Bonchev–Trinajstić information content (AvgIpc) is 3.29. The molecule has 8 heteroatoms. The second-order valence-corrected chi connectivity index (χ2v) is 6.50. The first kappa shape index (κ1) is 17.4. The van der Waals surface area contributed by atoms with Crippen LogP contribution in [-0.4, -0.2) is 36.5 Å². The number of non-ortho nitro benzene ring substituents is 1. The third-order valence-corrected chi connectivity index (χ3v) is 4.59. The summed E-state index contributed by atoms with van der Waals surface area (Å²) in [5.74, 6) is -0.0351. The summed E-state index contributed by atoms with van der Waals surface area (Å²) in [4.78, 5) is 23.4. The number of hydrogen-bond acceptors (Lipinski definition) is 7. The molecule has 2 aromatic rings. The Morgan fingerprint density at radius 2 is 1.74 bits per heavy atom. The Labute approximate surface area is 154 Å². The van der Waals surface area contributed by atoms with Crippen LogP contribution < -0.4 is 9.47 Å². The molecule has 2 aliphatic rings. The van der Waals surface area contributed by atoms with E-state index < -0.39 is 10.7 Å². The van der Waals surface area contributed by atoms with Gasteiger partial charge in [0.2, 0.25) is 6.79 Å². The van der Waals surface area contributed by atoms with Gasteiger partial charge in [-0.1, -0.05) is 0 Å². The molecule has 0 spiro atoms. The van der Waals surface area contributed by atoms with Gasteiger partial charge in [-0.15, -0.1) is 0 Å². The number of ketones is 1. The molecule has 1 fully saturated rings. The molecule has 0 bridgehead atoms. The summed E-state index contributed by atoms with van der Waals surface area (Å²) < 4.78 is 22.2. The lowest BCUT2D eigenvalue weighted by Crippen LogP contribution is -2.29. The van der Waals surface area contributed by atoms with Gasteiger partial charge < -0.3 is 18.9 Å². The smallest absolute Gasteiger partial charge is 0.269 e. The van der Waals surface area contributed by atoms with E-state index >= 15 is 0 Å². The van der Waals surface area contributed by atoms with E-state index in [1.807, 2.05) is 6.92 Å². The normalized spacial score (nSPS) is 17.1. The predicted octanol–water partition coefficient (Wildman–Crippen LogP) is 2.86. The van der Waals surface area contributed by atoms with E-state index in [1.165, 1.54) is 24.3 Å². The molecule has 140 valence electrons. The Bertz CT molecular complexity index is 901. The van der Waals surface area contributed by atoms with E-state index in [0.717, 1.165) is 0 Å². The van der Waals surface area contributed by atoms with Crippen molar-refractivity contribution in [2.45, 2.75) is 19.1 Å². The number of hydrogen-bond donors (Lipinski definition) is 0. The number of rotatable bonds is 5. The van der Waals surface area contributed by atoms with Crippen LogP contribution in [0.3, 0.4) is 0 Å². The summed E-state index contributed by atoms with van der Waals surface area (Å²) in [6.45, 7) is 2.90. The highest BCUT2D eigenvalue weighted by Gasteiger charge is 2.34. The van der Waals surface area contributed by atoms with Crippen LogP contribution in [0.25, 0.3) is 0 Å². The van der Waals surface area contributed by atoms with Crippen LogP contribution in [0.2, 0.25) is 0 Å². The third kappa shape index (κ3) is 3.36. The topological polar surface area (TPSA) is 97.1 Å². The maximum atomic E-state index is 13.1. The summed E-state index contributed by atoms with van der Waals surface area (Å²) in [6.07, 6.45) is 0.359. The number of carbonyl (C=O) groups is 1. The van der Waals surface area contributed by atoms with Crippen LogP contribution in [0.15, 0.2) is 36.4 Å². The fourth-order valence-corrected chi connectivity index (χ4v) is 3.24. The van der Waals surface area contributed by atoms with Crippen molar-refractivity contribution in [2.75, 3.05) is 20.0 Å². The number of nitro groups is 1. The summed E-state index contributed by atoms with van der Waals surface area (Å²) in [5, 5.41) is 10.8. The van der Waals surface area contributed by atoms with Crippen molar-refractivity contribution < 1.29 is 28.7 Å². The number of benzene rings is 2. The van der Waals surface area contributed by atoms with Crippen LogP contribution in [0.4, 0.5) is 5.69 Å². The van der Waals surface area contributed by atoms with Gasteiger partial charge in [-0.05, 0) is 36.8 Å². The molecule has 0 atom stereocenters. The van der Waals surface area contributed by atoms with Gasteiger partial charge >= 0.3 is 0 Å². The summed E-state index contributed by atoms with van der Waals surface area (Å²) in [6, 6.07) is 8.91. The van der Waals surface area contributed by atoms with Crippen molar-refractivity contribution in [3.05, 3.63) is 63.2 Å². The number of ether oxygens (including phenoxy) is 4. The first-order valence-electron chi connectivity index (χ1n) is 8.45. The SMILES string of the molecule is CC1(Cc2cc3c(cc2C(=O)c2ccc([N+](=O)[O-])cc2)OCO3)OCCO1. The fraction of sp³-hybridized carbons (Fsp3) is 0.316. The molecule has 0 saturated carbocycles. The van der Waals surface area contributed by atoms with Crippen molar-refractivity contribution in [3.8, 4) is 11.5 Å². The van der Waals surface area contributed by atoms with Gasteiger partial charge in [0.05, 0.1) is 18.1 Å². The summed E-state index contributed by atoms with van der Waals surface area (Å²) in [7, 11) is 0. The Morgan fingerprint density at radius 1 is 1.11 bits per heavy atom. The third-order valence-electron chi connectivity index (χ3n) is 4.59. The maximum absolute atomic E-state index is 13.1. The highest BCUT2D eigenvalue weighted by Crippen LogP contribution is 2.38. The largest absolute Gasteiger partial charge is 0.454 e. The Hall–Kier alpha value is -2.97. The number of carbonyl (C=O) groups excluding carboxylic acids is 1. The van der Waals surface area contributed by atoms with Gasteiger partial charge in [-0.25, -0.2) is 0 Å². The van der Waals surface area contributed by atoms with Gasteiger partial charge in [-0.2, -0.15) is 0 Å². The highest BCUT2D eigenvalue weighted by molar-refractivity contribution is 6.10. The van der Waals surface area contributed by atoms with Crippen LogP contribution in [-0.2, 0) is 15.9 Å². The molecule has 1 saturated heterocycles. The first-order chi connectivity index (χ1) is 13.0. The molecule has 0 radical (unpaired) electrons. The molecule has 0 amide bonds. The van der Waals surface area contributed by atoms with Crippen LogP contribution in [0.5, 0.6) is 11.5 Å². The zero-order chi connectivity index (χ0) is 19.0. The molecule has 8 nitrogen and oxygen atoms in total. The minimum Gasteiger partial charge on any atom is -0.454 e. The zero-order valence-electron chi connectivity index (χ0n) is 14.6. The maximum Gasteiger partial charge on any atom is 0.269 e. The minimum absolute atomic E-state index is 0.0715. The lowest BCUT2D eigenvalue weighted by atomic mass is 9.93. The lowest BCUT2D eigenvalue weighted by molar-refractivity contribution is -0.384. The molecule has 4 rings (SSSR count). The Balaban J connectivity index is 1.71. The van der Waals surface area contributed by atoms with E-state index in [2.05, 4.69) is 0 Å². The summed E-state index contributed by atoms with van der Waals surface area (Å²) >= 11 is 0. The molecule has 0 aliphatic carbocycles. The fourth-order valence-electron chi connectivity index (χ4n) is 3.24. The molecule has 2 heterocycles. The van der Waals surface area contributed by atoms with Gasteiger partial charge in [0.1, 0.15) is 0 Å². The lowest BCUT2D eigenvalue weighted by Gasteiger charge is -2.23. The minimum atomic E-state index is -0.821. The van der Waals surface area contributed by atoms with Crippen LogP contribution >= 0.6 is 0 Å². The monoisotopic (exact) mass is 371 g/mol. The molecule has 0 aromatic heterocycles. The van der Waals surface area contributed by atoms with Gasteiger partial charge in [-0.3, -0.25) is 14.9 Å². The van der Waals surface area contributed by atoms with Gasteiger partial charge in [0.25, 0.3) is 5.69 Å². The molecular formula is C19H17NO7. The van der Waals surface area contributed by atoms with E-state index in [9.17, 15) is 14.9 Å². The van der Waals surface area contributed by atoms with Crippen molar-refractivity contribution in [1.29, 1.82) is 0 Å². The van der Waals surface area contributed by atoms with E-state index in [0.29, 0.717) is 47.8 Å². The molecule has 27 heavy (non-hydrogen) atoms. The highest BCUT2D eigenvalue weighted by atomic mass is 16.7. The number of nitro benzene ring substituents is 1. The second kappa shape index (κ2) is 6.64. The van der Waals surface area contributed by atoms with Crippen molar-refractivity contribution in [2.24, 2.45) is 0 Å². The summed E-state index contributed by atoms with van der Waals surface area (Å²) in [5.41, 5.74) is 1.40. The van der Waals surface area contributed by atoms with Gasteiger partial charge in [0, 0.05) is 29.7 Å². The predicted molar refractivity (Wildman–Crippen MR) is 93.1 cm³/mol. The molecule has 0 N–H and O–H groups in total. The molecule has 0 unspecified atom stereocenters. The Kier molecular flexibility index (Phi) is 4.29. The van der Waals surface area contributed by atoms with Gasteiger partial charge in [0.15, 0.2) is 23.1 Å². The van der Waals surface area contributed by atoms with Crippen molar-refractivity contribution >= 4 is 11.5 Å². The van der Waals surface area contributed by atoms with E-state index in [4.69, 9.17) is 18.9 Å². The van der Waals surface area contributed by atoms with E-state index in [1.54, 1.807) is 12.1 Å². The standard InChI is InChI=1S/C19H17NO7/c1-19(26-6-7-27-19)10-13-8-16-17(25-11-24-16)9-15(13)18(21)12-2-4-14(5-3-12)20(22)23/h2-5,8-9H,6-7,10-11H2,1H3.